The van der Waals surface area contributed by atoms with Crippen molar-refractivity contribution in [1.82, 2.24) is 0 Å². The minimum atomic E-state index is -0.109. The highest BCUT2D eigenvalue weighted by Gasteiger charge is 1.98. The van der Waals surface area contributed by atoms with E-state index in [1.807, 2.05) is 49.4 Å². The Morgan fingerprint density at radius 3 is 2.36 bits per heavy atom. The Kier molecular flexibility index (Phi) is 5.96. The van der Waals surface area contributed by atoms with E-state index < -0.39 is 0 Å². The summed E-state index contributed by atoms with van der Waals surface area (Å²) in [6, 6.07) is 16.2. The zero-order valence-electron chi connectivity index (χ0n) is 13.3. The lowest BCUT2D eigenvalue weighted by molar-refractivity contribution is -0.111. The van der Waals surface area contributed by atoms with Crippen molar-refractivity contribution in [2.45, 2.75) is 33.1 Å². The van der Waals surface area contributed by atoms with E-state index in [4.69, 9.17) is 0 Å². The molecule has 0 fully saturated rings. The second-order valence-electron chi connectivity index (χ2n) is 5.53. The molecule has 0 bridgehead atoms. The van der Waals surface area contributed by atoms with Crippen LogP contribution in [0.1, 0.15) is 36.5 Å². The molecule has 0 atom stereocenters. The van der Waals surface area contributed by atoms with Crippen LogP contribution in [0.25, 0.3) is 6.08 Å². The van der Waals surface area contributed by atoms with Gasteiger partial charge in [-0.15, -0.1) is 0 Å². The normalized spacial score (nSPS) is 10.8. The van der Waals surface area contributed by atoms with Crippen LogP contribution in [0.5, 0.6) is 0 Å². The zero-order chi connectivity index (χ0) is 15.8. The van der Waals surface area contributed by atoms with E-state index >= 15 is 0 Å². The molecule has 0 saturated heterocycles. The van der Waals surface area contributed by atoms with Crippen molar-refractivity contribution in [3.63, 3.8) is 0 Å². The van der Waals surface area contributed by atoms with E-state index in [1.165, 1.54) is 24.0 Å². The molecule has 0 unspecified atom stereocenters. The number of amides is 1. The van der Waals surface area contributed by atoms with E-state index in [0.717, 1.165) is 17.7 Å². The molecule has 0 saturated carbocycles. The summed E-state index contributed by atoms with van der Waals surface area (Å²) in [5.74, 6) is -0.109. The van der Waals surface area contributed by atoms with Gasteiger partial charge in [-0.1, -0.05) is 55.3 Å². The number of rotatable bonds is 6. The monoisotopic (exact) mass is 293 g/mol. The van der Waals surface area contributed by atoms with E-state index in [2.05, 4.69) is 24.4 Å². The number of anilines is 1. The van der Waals surface area contributed by atoms with Gasteiger partial charge in [-0.05, 0) is 49.1 Å². The topological polar surface area (TPSA) is 29.1 Å². The van der Waals surface area contributed by atoms with Gasteiger partial charge in [0.2, 0.25) is 5.91 Å². The van der Waals surface area contributed by atoms with Crippen LogP contribution < -0.4 is 5.32 Å². The number of benzene rings is 2. The Bertz CT molecular complexity index is 624. The summed E-state index contributed by atoms with van der Waals surface area (Å²) in [5.41, 5.74) is 4.38. The van der Waals surface area contributed by atoms with Crippen LogP contribution in [0, 0.1) is 6.92 Å². The Labute approximate surface area is 132 Å². The number of carbonyl (C=O) groups excluding carboxylic acids is 1. The molecule has 1 amide bonds. The van der Waals surface area contributed by atoms with Crippen LogP contribution in [0.2, 0.25) is 0 Å². The van der Waals surface area contributed by atoms with Gasteiger partial charge in [-0.2, -0.15) is 0 Å². The van der Waals surface area contributed by atoms with Crippen LogP contribution in [-0.2, 0) is 11.2 Å². The first-order valence-electron chi connectivity index (χ1n) is 7.82. The molecule has 0 heterocycles. The number of hydrogen-bond acceptors (Lipinski definition) is 1. The Balaban J connectivity index is 1.89. The third-order valence-electron chi connectivity index (χ3n) is 3.54. The lowest BCUT2D eigenvalue weighted by Gasteiger charge is -2.04. The van der Waals surface area contributed by atoms with Crippen LogP contribution in [-0.4, -0.2) is 5.91 Å². The maximum absolute atomic E-state index is 11.9. The van der Waals surface area contributed by atoms with E-state index in [-0.39, 0.29) is 5.91 Å². The van der Waals surface area contributed by atoms with E-state index in [1.54, 1.807) is 6.08 Å². The van der Waals surface area contributed by atoms with Crippen LogP contribution >= 0.6 is 0 Å². The Morgan fingerprint density at radius 2 is 1.73 bits per heavy atom. The molecule has 0 radical (unpaired) electrons. The first kappa shape index (κ1) is 16.0. The SMILES string of the molecule is CCCCc1ccc(NC(=O)/C=C/c2ccc(C)cc2)cc1. The van der Waals surface area contributed by atoms with Crippen LogP contribution in [0.15, 0.2) is 54.6 Å². The summed E-state index contributed by atoms with van der Waals surface area (Å²) in [6.45, 7) is 4.24. The van der Waals surface area contributed by atoms with Gasteiger partial charge in [0.15, 0.2) is 0 Å². The number of hydrogen-bond donors (Lipinski definition) is 1. The van der Waals surface area contributed by atoms with Crippen molar-refractivity contribution in [3.8, 4) is 0 Å². The van der Waals surface area contributed by atoms with Gasteiger partial charge in [0, 0.05) is 11.8 Å². The predicted molar refractivity (Wildman–Crippen MR) is 93.9 cm³/mol. The van der Waals surface area contributed by atoms with Crippen molar-refractivity contribution in [1.29, 1.82) is 0 Å². The molecule has 0 aliphatic rings. The minimum Gasteiger partial charge on any atom is -0.323 e. The number of unbranched alkanes of at least 4 members (excludes halogenated alkanes) is 1. The van der Waals surface area contributed by atoms with Crippen molar-refractivity contribution in [2.24, 2.45) is 0 Å². The van der Waals surface area contributed by atoms with Crippen molar-refractivity contribution in [2.75, 3.05) is 5.32 Å². The lowest BCUT2D eigenvalue weighted by atomic mass is 10.1. The van der Waals surface area contributed by atoms with Gasteiger partial charge in [-0.25, -0.2) is 0 Å². The highest BCUT2D eigenvalue weighted by Crippen LogP contribution is 2.12. The molecule has 22 heavy (non-hydrogen) atoms. The summed E-state index contributed by atoms with van der Waals surface area (Å²) in [6.07, 6.45) is 6.88. The average molecular weight is 293 g/mol. The summed E-state index contributed by atoms with van der Waals surface area (Å²) in [5, 5.41) is 2.88. The van der Waals surface area contributed by atoms with Crippen LogP contribution in [0.4, 0.5) is 5.69 Å². The third kappa shape index (κ3) is 5.21. The molecule has 2 aromatic rings. The fourth-order valence-electron chi connectivity index (χ4n) is 2.17. The molecule has 2 heteroatoms. The summed E-state index contributed by atoms with van der Waals surface area (Å²) in [4.78, 5) is 11.9. The molecule has 0 aliphatic heterocycles. The van der Waals surface area contributed by atoms with Gasteiger partial charge in [0.1, 0.15) is 0 Å². The van der Waals surface area contributed by atoms with Crippen molar-refractivity contribution < 1.29 is 4.79 Å². The maximum atomic E-state index is 11.9. The summed E-state index contributed by atoms with van der Waals surface area (Å²) < 4.78 is 0. The molecule has 1 N–H and O–H groups in total. The standard InChI is InChI=1S/C20H23NO/c1-3-4-5-17-10-13-19(14-11-17)21-20(22)15-12-18-8-6-16(2)7-9-18/h6-15H,3-5H2,1-2H3,(H,21,22)/b15-12+. The van der Waals surface area contributed by atoms with Crippen molar-refractivity contribution in [3.05, 3.63) is 71.3 Å². The first-order chi connectivity index (χ1) is 10.7. The Hall–Kier alpha value is -2.35. The summed E-state index contributed by atoms with van der Waals surface area (Å²) >= 11 is 0. The first-order valence-corrected chi connectivity index (χ1v) is 7.82. The summed E-state index contributed by atoms with van der Waals surface area (Å²) in [7, 11) is 0. The van der Waals surface area contributed by atoms with E-state index in [0.29, 0.717) is 0 Å². The van der Waals surface area contributed by atoms with Crippen molar-refractivity contribution >= 4 is 17.7 Å². The van der Waals surface area contributed by atoms with Crippen LogP contribution in [0.3, 0.4) is 0 Å². The molecular formula is C20H23NO. The van der Waals surface area contributed by atoms with E-state index in [9.17, 15) is 4.79 Å². The fraction of sp³-hybridized carbons (Fsp3) is 0.250. The largest absolute Gasteiger partial charge is 0.323 e. The Morgan fingerprint density at radius 1 is 1.05 bits per heavy atom. The van der Waals surface area contributed by atoms with Gasteiger partial charge < -0.3 is 5.32 Å². The highest BCUT2D eigenvalue weighted by atomic mass is 16.1. The number of aryl methyl sites for hydroxylation is 2. The highest BCUT2D eigenvalue weighted by molar-refractivity contribution is 6.01. The molecule has 0 aromatic heterocycles. The molecule has 2 nitrogen and oxygen atoms in total. The fourth-order valence-corrected chi connectivity index (χ4v) is 2.17. The molecule has 2 aromatic carbocycles. The van der Waals surface area contributed by atoms with Gasteiger partial charge in [0.25, 0.3) is 0 Å². The second-order valence-corrected chi connectivity index (χ2v) is 5.53. The minimum absolute atomic E-state index is 0.109. The third-order valence-corrected chi connectivity index (χ3v) is 3.54. The molecular weight excluding hydrogens is 270 g/mol. The molecule has 0 aliphatic carbocycles. The zero-order valence-corrected chi connectivity index (χ0v) is 13.3. The van der Waals surface area contributed by atoms with Gasteiger partial charge in [-0.3, -0.25) is 4.79 Å². The lowest BCUT2D eigenvalue weighted by Crippen LogP contribution is -2.07. The predicted octanol–water partition coefficient (Wildman–Crippen LogP) is 4.99. The maximum Gasteiger partial charge on any atom is 0.248 e. The second kappa shape index (κ2) is 8.18. The van der Waals surface area contributed by atoms with Gasteiger partial charge in [0.05, 0.1) is 0 Å². The smallest absolute Gasteiger partial charge is 0.248 e. The average Bonchev–Trinajstić information content (AvgIpc) is 2.54. The number of nitrogens with one attached hydrogen (secondary N) is 1. The molecule has 114 valence electrons. The molecule has 2 rings (SSSR count). The molecule has 0 spiro atoms. The quantitative estimate of drug-likeness (QED) is 0.747. The number of carbonyl (C=O) groups is 1. The van der Waals surface area contributed by atoms with Gasteiger partial charge >= 0.3 is 0 Å².